The number of carbonyl (C=O) groups excluding carboxylic acids is 1. The predicted molar refractivity (Wildman–Crippen MR) is 76.2 cm³/mol. The monoisotopic (exact) mass is 380 g/mol. The standard InChI is InChI=1S/C11H11Br2ClN2O/c12-7-3-6(14)4-8(13)9(7)16-10(17)11(5-15)1-2-11/h3-4H,1-2,5,15H2,(H,16,17). The van der Waals surface area contributed by atoms with E-state index >= 15 is 0 Å². The molecular weight excluding hydrogens is 371 g/mol. The van der Waals surface area contributed by atoms with Crippen molar-refractivity contribution in [1.29, 1.82) is 0 Å². The van der Waals surface area contributed by atoms with Gasteiger partial charge in [-0.3, -0.25) is 4.79 Å². The zero-order chi connectivity index (χ0) is 12.6. The quantitative estimate of drug-likeness (QED) is 0.840. The van der Waals surface area contributed by atoms with Gasteiger partial charge in [0.15, 0.2) is 0 Å². The van der Waals surface area contributed by atoms with Crippen LogP contribution >= 0.6 is 43.5 Å². The van der Waals surface area contributed by atoms with Crippen LogP contribution in [0.15, 0.2) is 21.1 Å². The fraction of sp³-hybridized carbons (Fsp3) is 0.364. The lowest BCUT2D eigenvalue weighted by atomic mass is 10.1. The van der Waals surface area contributed by atoms with Gasteiger partial charge in [-0.2, -0.15) is 0 Å². The average Bonchev–Trinajstić information content (AvgIpc) is 3.03. The SMILES string of the molecule is NCC1(C(=O)Nc2c(Br)cc(Cl)cc2Br)CC1. The van der Waals surface area contributed by atoms with Crippen molar-refractivity contribution < 1.29 is 4.79 Å². The van der Waals surface area contributed by atoms with Gasteiger partial charge < -0.3 is 11.1 Å². The van der Waals surface area contributed by atoms with Gasteiger partial charge in [0.1, 0.15) is 0 Å². The molecule has 1 aromatic rings. The summed E-state index contributed by atoms with van der Waals surface area (Å²) < 4.78 is 1.50. The van der Waals surface area contributed by atoms with Gasteiger partial charge >= 0.3 is 0 Å². The fourth-order valence-corrected chi connectivity index (χ4v) is 3.45. The summed E-state index contributed by atoms with van der Waals surface area (Å²) in [6.45, 7) is 0.391. The van der Waals surface area contributed by atoms with E-state index in [9.17, 15) is 4.79 Å². The first kappa shape index (κ1) is 13.3. The molecule has 1 aliphatic carbocycles. The number of hydrogen-bond acceptors (Lipinski definition) is 2. The summed E-state index contributed by atoms with van der Waals surface area (Å²) in [5, 5.41) is 3.49. The number of nitrogens with one attached hydrogen (secondary N) is 1. The van der Waals surface area contributed by atoms with Crippen LogP contribution < -0.4 is 11.1 Å². The molecule has 3 N–H and O–H groups in total. The second-order valence-electron chi connectivity index (χ2n) is 4.18. The van der Waals surface area contributed by atoms with Gasteiger partial charge in [0.2, 0.25) is 5.91 Å². The van der Waals surface area contributed by atoms with E-state index in [1.54, 1.807) is 12.1 Å². The Bertz CT molecular complexity index is 452. The van der Waals surface area contributed by atoms with Gasteiger partial charge in [-0.25, -0.2) is 0 Å². The van der Waals surface area contributed by atoms with Crippen LogP contribution in [0.3, 0.4) is 0 Å². The third-order valence-electron chi connectivity index (χ3n) is 2.97. The Morgan fingerprint density at radius 3 is 2.35 bits per heavy atom. The molecule has 0 aliphatic heterocycles. The van der Waals surface area contributed by atoms with Crippen LogP contribution in [0.2, 0.25) is 5.02 Å². The Morgan fingerprint density at radius 2 is 1.94 bits per heavy atom. The summed E-state index contributed by atoms with van der Waals surface area (Å²) in [4.78, 5) is 12.1. The molecule has 3 nitrogen and oxygen atoms in total. The third-order valence-corrected chi connectivity index (χ3v) is 4.44. The molecule has 0 aromatic heterocycles. The van der Waals surface area contributed by atoms with E-state index in [0.717, 1.165) is 21.8 Å². The van der Waals surface area contributed by atoms with Crippen molar-refractivity contribution in [1.82, 2.24) is 0 Å². The summed E-state index contributed by atoms with van der Waals surface area (Å²) in [6.07, 6.45) is 1.72. The summed E-state index contributed by atoms with van der Waals surface area (Å²) >= 11 is 12.6. The minimum atomic E-state index is -0.363. The molecule has 17 heavy (non-hydrogen) atoms. The van der Waals surface area contributed by atoms with E-state index in [-0.39, 0.29) is 11.3 Å². The minimum Gasteiger partial charge on any atom is -0.329 e. The number of carbonyl (C=O) groups is 1. The van der Waals surface area contributed by atoms with Crippen molar-refractivity contribution in [3.63, 3.8) is 0 Å². The van der Waals surface area contributed by atoms with Gasteiger partial charge in [0, 0.05) is 20.5 Å². The molecule has 6 heteroatoms. The Kier molecular flexibility index (Phi) is 3.83. The van der Waals surface area contributed by atoms with Crippen molar-refractivity contribution in [2.75, 3.05) is 11.9 Å². The van der Waals surface area contributed by atoms with Crippen molar-refractivity contribution in [2.45, 2.75) is 12.8 Å². The van der Waals surface area contributed by atoms with Crippen LogP contribution in [0.5, 0.6) is 0 Å². The maximum Gasteiger partial charge on any atom is 0.231 e. The summed E-state index contributed by atoms with van der Waals surface area (Å²) in [5.41, 5.74) is 5.95. The predicted octanol–water partition coefficient (Wildman–Crippen LogP) is 3.54. The second kappa shape index (κ2) is 4.88. The highest BCUT2D eigenvalue weighted by molar-refractivity contribution is 9.11. The largest absolute Gasteiger partial charge is 0.329 e. The molecule has 1 amide bonds. The molecule has 0 spiro atoms. The molecule has 0 heterocycles. The fourth-order valence-electron chi connectivity index (χ4n) is 1.58. The Balaban J connectivity index is 2.22. The molecule has 0 saturated heterocycles. The van der Waals surface area contributed by atoms with Gasteiger partial charge in [0.05, 0.1) is 11.1 Å². The molecule has 92 valence electrons. The number of benzene rings is 1. The van der Waals surface area contributed by atoms with Gasteiger partial charge in [-0.1, -0.05) is 11.6 Å². The first-order valence-corrected chi connectivity index (χ1v) is 7.11. The highest BCUT2D eigenvalue weighted by Gasteiger charge is 2.48. The molecule has 1 saturated carbocycles. The van der Waals surface area contributed by atoms with Gasteiger partial charge in [-0.05, 0) is 56.8 Å². The number of rotatable bonds is 3. The molecule has 0 unspecified atom stereocenters. The number of halogens is 3. The lowest BCUT2D eigenvalue weighted by Gasteiger charge is -2.15. The van der Waals surface area contributed by atoms with E-state index in [1.165, 1.54) is 0 Å². The van der Waals surface area contributed by atoms with Crippen LogP contribution in [-0.2, 0) is 4.79 Å². The Labute approximate surface area is 121 Å². The first-order valence-electron chi connectivity index (χ1n) is 5.14. The first-order chi connectivity index (χ1) is 7.98. The van der Waals surface area contributed by atoms with Crippen molar-refractivity contribution in [3.05, 3.63) is 26.1 Å². The summed E-state index contributed by atoms with van der Waals surface area (Å²) in [6, 6.07) is 3.48. The number of nitrogens with two attached hydrogens (primary N) is 1. The van der Waals surface area contributed by atoms with Crippen LogP contribution in [0.1, 0.15) is 12.8 Å². The van der Waals surface area contributed by atoms with E-state index in [0.29, 0.717) is 17.3 Å². The lowest BCUT2D eigenvalue weighted by molar-refractivity contribution is -0.120. The maximum absolute atomic E-state index is 12.1. The Morgan fingerprint density at radius 1 is 1.41 bits per heavy atom. The minimum absolute atomic E-state index is 0.0243. The number of hydrogen-bond donors (Lipinski definition) is 2. The van der Waals surface area contributed by atoms with E-state index in [4.69, 9.17) is 17.3 Å². The molecule has 0 atom stereocenters. The Hall–Kier alpha value is -0.100. The van der Waals surface area contributed by atoms with Crippen molar-refractivity contribution >= 4 is 55.1 Å². The smallest absolute Gasteiger partial charge is 0.231 e. The van der Waals surface area contributed by atoms with Crippen LogP contribution in [0, 0.1) is 5.41 Å². The molecule has 0 radical (unpaired) electrons. The highest BCUT2D eigenvalue weighted by atomic mass is 79.9. The zero-order valence-corrected chi connectivity index (χ0v) is 12.8. The zero-order valence-electron chi connectivity index (χ0n) is 8.90. The third kappa shape index (κ3) is 2.67. The van der Waals surface area contributed by atoms with Crippen molar-refractivity contribution in [3.8, 4) is 0 Å². The van der Waals surface area contributed by atoms with Gasteiger partial charge in [0.25, 0.3) is 0 Å². The van der Waals surface area contributed by atoms with Crippen LogP contribution in [-0.4, -0.2) is 12.5 Å². The van der Waals surface area contributed by atoms with E-state index in [2.05, 4.69) is 37.2 Å². The molecule has 1 aromatic carbocycles. The molecular formula is C11H11Br2ClN2O. The van der Waals surface area contributed by atoms with E-state index in [1.807, 2.05) is 0 Å². The number of amides is 1. The average molecular weight is 382 g/mol. The lowest BCUT2D eigenvalue weighted by Crippen LogP contribution is -2.31. The highest BCUT2D eigenvalue weighted by Crippen LogP contribution is 2.46. The second-order valence-corrected chi connectivity index (χ2v) is 6.33. The van der Waals surface area contributed by atoms with Crippen LogP contribution in [0.25, 0.3) is 0 Å². The van der Waals surface area contributed by atoms with E-state index < -0.39 is 0 Å². The number of anilines is 1. The summed E-state index contributed by atoms with van der Waals surface area (Å²) in [7, 11) is 0. The summed E-state index contributed by atoms with van der Waals surface area (Å²) in [5.74, 6) is -0.0243. The normalized spacial score (nSPS) is 16.7. The molecule has 2 rings (SSSR count). The van der Waals surface area contributed by atoms with Gasteiger partial charge in [-0.15, -0.1) is 0 Å². The topological polar surface area (TPSA) is 55.1 Å². The molecule has 1 fully saturated rings. The van der Waals surface area contributed by atoms with Crippen LogP contribution in [0.4, 0.5) is 5.69 Å². The molecule has 1 aliphatic rings. The molecule has 0 bridgehead atoms. The maximum atomic E-state index is 12.1. The van der Waals surface area contributed by atoms with Crippen molar-refractivity contribution in [2.24, 2.45) is 11.1 Å².